The zero-order valence-electron chi connectivity index (χ0n) is 9.47. The molecule has 0 aliphatic rings. The first-order valence-corrected chi connectivity index (χ1v) is 5.57. The van der Waals surface area contributed by atoms with Crippen LogP contribution in [0.1, 0.15) is 0 Å². The summed E-state index contributed by atoms with van der Waals surface area (Å²) in [6, 6.07) is 1.24. The van der Waals surface area contributed by atoms with E-state index in [9.17, 15) is 13.2 Å². The van der Waals surface area contributed by atoms with Gasteiger partial charge in [-0.15, -0.1) is 0 Å². The van der Waals surface area contributed by atoms with E-state index < -0.39 is 19.3 Å². The maximum absolute atomic E-state index is 12.5. The minimum absolute atomic E-state index is 0.000569. The topological polar surface area (TPSA) is 66.5 Å². The molecule has 0 bridgehead atoms. The van der Waals surface area contributed by atoms with Gasteiger partial charge in [-0.2, -0.15) is 32.8 Å². The van der Waals surface area contributed by atoms with Gasteiger partial charge in [0.1, 0.15) is 23.8 Å². The fraction of sp³-hybridized carbons (Fsp3) is 0.444. The summed E-state index contributed by atoms with van der Waals surface area (Å²) in [5.41, 5.74) is 0. The van der Waals surface area contributed by atoms with Crippen molar-refractivity contribution in [2.24, 2.45) is 0 Å². The van der Waals surface area contributed by atoms with Gasteiger partial charge in [0.15, 0.2) is 0 Å². The van der Waals surface area contributed by atoms with Gasteiger partial charge in [-0.3, -0.25) is 0 Å². The van der Waals surface area contributed by atoms with Crippen LogP contribution in [-0.2, 0) is 0 Å². The van der Waals surface area contributed by atoms with E-state index in [1.54, 1.807) is 0 Å². The van der Waals surface area contributed by atoms with Crippen molar-refractivity contribution in [3.05, 3.63) is 17.5 Å². The van der Waals surface area contributed by atoms with Crippen molar-refractivity contribution in [1.82, 2.24) is 19.6 Å². The van der Waals surface area contributed by atoms with Gasteiger partial charge in [0, 0.05) is 12.6 Å². The number of aliphatic hydroxyl groups excluding tert-OH is 1. The predicted molar refractivity (Wildman–Crippen MR) is 61.1 cm³/mol. The van der Waals surface area contributed by atoms with Gasteiger partial charge >= 0.3 is 6.18 Å². The molecule has 0 fully saturated rings. The van der Waals surface area contributed by atoms with E-state index in [0.717, 1.165) is 15.7 Å². The lowest BCUT2D eigenvalue weighted by atomic mass is 10.4. The summed E-state index contributed by atoms with van der Waals surface area (Å²) in [6.45, 7) is -1.89. The molecule has 2 aromatic rings. The van der Waals surface area contributed by atoms with Crippen LogP contribution in [0.2, 0.25) is 5.15 Å². The third kappa shape index (κ3) is 3.24. The number of aromatic nitrogens is 4. The predicted octanol–water partition coefficient (Wildman–Crippen LogP) is 1.14. The van der Waals surface area contributed by atoms with Gasteiger partial charge < -0.3 is 10.0 Å². The van der Waals surface area contributed by atoms with Crippen LogP contribution in [-0.4, -0.2) is 50.6 Å². The lowest BCUT2D eigenvalue weighted by Crippen LogP contribution is -2.37. The van der Waals surface area contributed by atoms with E-state index in [4.69, 9.17) is 16.7 Å². The molecular formula is C9H9ClF3N5O. The molecule has 104 valence electrons. The summed E-state index contributed by atoms with van der Waals surface area (Å²) in [5.74, 6) is 0.159. The van der Waals surface area contributed by atoms with Crippen LogP contribution in [0.25, 0.3) is 5.78 Å². The first-order chi connectivity index (χ1) is 8.90. The van der Waals surface area contributed by atoms with E-state index in [2.05, 4.69) is 15.1 Å². The Labute approximate surface area is 110 Å². The van der Waals surface area contributed by atoms with Crippen LogP contribution < -0.4 is 4.90 Å². The number of halogens is 4. The average Bonchev–Trinajstić information content (AvgIpc) is 2.73. The molecule has 0 saturated carbocycles. The number of hydrogen-bond acceptors (Lipinski definition) is 5. The Kier molecular flexibility index (Phi) is 3.76. The van der Waals surface area contributed by atoms with Crippen molar-refractivity contribution in [2.45, 2.75) is 6.18 Å². The van der Waals surface area contributed by atoms with E-state index in [0.29, 0.717) is 0 Å². The summed E-state index contributed by atoms with van der Waals surface area (Å²) in [7, 11) is 0. The van der Waals surface area contributed by atoms with Crippen molar-refractivity contribution < 1.29 is 18.3 Å². The van der Waals surface area contributed by atoms with E-state index in [1.807, 2.05) is 0 Å². The molecule has 0 aliphatic carbocycles. The fourth-order valence-electron chi connectivity index (χ4n) is 1.61. The second kappa shape index (κ2) is 5.17. The normalized spacial score (nSPS) is 12.1. The second-order valence-corrected chi connectivity index (χ2v) is 4.06. The summed E-state index contributed by atoms with van der Waals surface area (Å²) in [6.07, 6.45) is -3.26. The Morgan fingerprint density at radius 2 is 2.16 bits per heavy atom. The number of aliphatic hydroxyl groups is 1. The molecule has 6 nitrogen and oxygen atoms in total. The number of alkyl halides is 3. The lowest BCUT2D eigenvalue weighted by molar-refractivity contribution is -0.120. The SMILES string of the molecule is OCCN(CC(F)(F)F)c1cc(Cl)nc2ncnn12. The Balaban J connectivity index is 2.45. The highest BCUT2D eigenvalue weighted by atomic mass is 35.5. The molecule has 0 saturated heterocycles. The van der Waals surface area contributed by atoms with Crippen LogP contribution in [0, 0.1) is 0 Å². The first-order valence-electron chi connectivity index (χ1n) is 5.19. The van der Waals surface area contributed by atoms with Gasteiger partial charge in [0.2, 0.25) is 0 Å². The van der Waals surface area contributed by atoms with Gasteiger partial charge in [-0.05, 0) is 0 Å². The summed E-state index contributed by atoms with van der Waals surface area (Å²) < 4.78 is 38.7. The third-order valence-electron chi connectivity index (χ3n) is 2.27. The zero-order chi connectivity index (χ0) is 14.0. The Hall–Kier alpha value is -1.61. The van der Waals surface area contributed by atoms with E-state index in [-0.39, 0.29) is 23.3 Å². The Morgan fingerprint density at radius 1 is 1.42 bits per heavy atom. The minimum atomic E-state index is -4.42. The molecule has 0 amide bonds. The fourth-order valence-corrected chi connectivity index (χ4v) is 1.78. The number of anilines is 1. The molecule has 2 rings (SSSR count). The average molecular weight is 296 g/mol. The standard InChI is InChI=1S/C9H9ClF3N5O/c10-6-3-7(18-8(16-6)14-5-15-18)17(1-2-19)4-9(11,12)13/h3,5,19H,1-2,4H2. The minimum Gasteiger partial charge on any atom is -0.395 e. The van der Waals surface area contributed by atoms with Crippen molar-refractivity contribution >= 4 is 23.2 Å². The maximum atomic E-state index is 12.5. The zero-order valence-corrected chi connectivity index (χ0v) is 10.2. The Morgan fingerprint density at radius 3 is 2.79 bits per heavy atom. The molecule has 2 heterocycles. The molecule has 2 aromatic heterocycles. The molecule has 0 unspecified atom stereocenters. The van der Waals surface area contributed by atoms with Crippen molar-refractivity contribution in [2.75, 3.05) is 24.6 Å². The molecule has 10 heteroatoms. The van der Waals surface area contributed by atoms with Gasteiger partial charge in [-0.25, -0.2) is 0 Å². The van der Waals surface area contributed by atoms with Gasteiger partial charge in [-0.1, -0.05) is 11.6 Å². The number of rotatable bonds is 4. The third-order valence-corrected chi connectivity index (χ3v) is 2.46. The molecule has 19 heavy (non-hydrogen) atoms. The number of hydrogen-bond donors (Lipinski definition) is 1. The van der Waals surface area contributed by atoms with Crippen LogP contribution in [0.5, 0.6) is 0 Å². The second-order valence-electron chi connectivity index (χ2n) is 3.67. The first kappa shape index (κ1) is 13.8. The monoisotopic (exact) mass is 295 g/mol. The molecule has 0 aromatic carbocycles. The quantitative estimate of drug-likeness (QED) is 0.857. The van der Waals surface area contributed by atoms with Gasteiger partial charge in [0.05, 0.1) is 6.61 Å². The highest BCUT2D eigenvalue weighted by Crippen LogP contribution is 2.23. The summed E-state index contributed by atoms with van der Waals surface area (Å²) >= 11 is 5.73. The molecule has 0 spiro atoms. The van der Waals surface area contributed by atoms with E-state index >= 15 is 0 Å². The van der Waals surface area contributed by atoms with Crippen molar-refractivity contribution in [1.29, 1.82) is 0 Å². The van der Waals surface area contributed by atoms with Crippen LogP contribution >= 0.6 is 11.6 Å². The summed E-state index contributed by atoms with van der Waals surface area (Å²) in [4.78, 5) is 8.50. The van der Waals surface area contributed by atoms with Crippen LogP contribution in [0.15, 0.2) is 12.4 Å². The molecule has 0 radical (unpaired) electrons. The number of nitrogens with zero attached hydrogens (tertiary/aromatic N) is 5. The van der Waals surface area contributed by atoms with E-state index in [1.165, 1.54) is 6.07 Å². The Bertz CT molecular complexity index is 572. The van der Waals surface area contributed by atoms with Crippen LogP contribution in [0.4, 0.5) is 19.0 Å². The highest BCUT2D eigenvalue weighted by molar-refractivity contribution is 6.29. The largest absolute Gasteiger partial charge is 0.405 e. The summed E-state index contributed by atoms with van der Waals surface area (Å²) in [5, 5.41) is 12.7. The van der Waals surface area contributed by atoms with Crippen molar-refractivity contribution in [3.63, 3.8) is 0 Å². The lowest BCUT2D eigenvalue weighted by Gasteiger charge is -2.25. The molecule has 0 atom stereocenters. The van der Waals surface area contributed by atoms with Crippen LogP contribution in [0.3, 0.4) is 0 Å². The smallest absolute Gasteiger partial charge is 0.395 e. The molecule has 0 aliphatic heterocycles. The van der Waals surface area contributed by atoms with Crippen molar-refractivity contribution in [3.8, 4) is 0 Å². The van der Waals surface area contributed by atoms with Gasteiger partial charge in [0.25, 0.3) is 5.78 Å². The molecule has 1 N–H and O–H groups in total. The maximum Gasteiger partial charge on any atom is 0.405 e. The number of fused-ring (bicyclic) bond motifs is 1. The molecular weight excluding hydrogens is 287 g/mol. The highest BCUT2D eigenvalue weighted by Gasteiger charge is 2.32.